The van der Waals surface area contributed by atoms with Crippen LogP contribution in [0.25, 0.3) is 0 Å². The molecule has 1 aromatic carbocycles. The molecule has 1 fully saturated rings. The van der Waals surface area contributed by atoms with E-state index in [0.29, 0.717) is 19.5 Å². The number of carbonyl (C=O) groups is 2. The Kier molecular flexibility index (Phi) is 5.27. The molecular formula is C15H20FN3O2. The van der Waals surface area contributed by atoms with Gasteiger partial charge in [-0.3, -0.25) is 14.5 Å². The van der Waals surface area contributed by atoms with Crippen LogP contribution in [0.15, 0.2) is 24.3 Å². The number of benzene rings is 1. The Balaban J connectivity index is 1.83. The third-order valence-corrected chi connectivity index (χ3v) is 3.69. The van der Waals surface area contributed by atoms with Gasteiger partial charge in [-0.05, 0) is 37.1 Å². The van der Waals surface area contributed by atoms with Crippen molar-refractivity contribution in [3.05, 3.63) is 35.6 Å². The Morgan fingerprint density at radius 3 is 2.67 bits per heavy atom. The lowest BCUT2D eigenvalue weighted by molar-refractivity contribution is -0.128. The van der Waals surface area contributed by atoms with Crippen molar-refractivity contribution in [3.8, 4) is 0 Å². The van der Waals surface area contributed by atoms with Crippen LogP contribution in [0.4, 0.5) is 4.39 Å². The van der Waals surface area contributed by atoms with Crippen LogP contribution in [0.2, 0.25) is 0 Å². The fraction of sp³-hybridized carbons (Fsp3) is 0.467. The number of primary amides is 1. The minimum absolute atomic E-state index is 0.160. The number of nitrogens with one attached hydrogen (secondary N) is 1. The summed E-state index contributed by atoms with van der Waals surface area (Å²) in [6, 6.07) is 5.62. The minimum atomic E-state index is -0.374. The van der Waals surface area contributed by atoms with Gasteiger partial charge in [-0.25, -0.2) is 4.39 Å². The number of hydrogen-bond acceptors (Lipinski definition) is 3. The van der Waals surface area contributed by atoms with Gasteiger partial charge in [0, 0.05) is 6.54 Å². The summed E-state index contributed by atoms with van der Waals surface area (Å²) in [4.78, 5) is 25.1. The highest BCUT2D eigenvalue weighted by atomic mass is 19.1. The molecule has 1 aromatic rings. The van der Waals surface area contributed by atoms with Crippen LogP contribution >= 0.6 is 0 Å². The van der Waals surface area contributed by atoms with Crippen LogP contribution in [0.1, 0.15) is 24.8 Å². The van der Waals surface area contributed by atoms with Crippen molar-refractivity contribution in [2.75, 3.05) is 13.1 Å². The number of amides is 2. The van der Waals surface area contributed by atoms with Crippen molar-refractivity contribution in [2.24, 2.45) is 5.73 Å². The van der Waals surface area contributed by atoms with Gasteiger partial charge < -0.3 is 11.1 Å². The van der Waals surface area contributed by atoms with Gasteiger partial charge in [-0.2, -0.15) is 0 Å². The van der Waals surface area contributed by atoms with E-state index in [4.69, 9.17) is 5.73 Å². The molecule has 0 aromatic heterocycles. The first kappa shape index (κ1) is 15.4. The molecule has 21 heavy (non-hydrogen) atoms. The highest BCUT2D eigenvalue weighted by molar-refractivity contribution is 5.82. The number of nitrogens with zero attached hydrogens (tertiary/aromatic N) is 1. The largest absolute Gasteiger partial charge is 0.368 e. The third kappa shape index (κ3) is 4.53. The number of piperidine rings is 1. The topological polar surface area (TPSA) is 75.4 Å². The van der Waals surface area contributed by atoms with Crippen LogP contribution in [0, 0.1) is 5.82 Å². The Bertz CT molecular complexity index is 504. The Morgan fingerprint density at radius 2 is 2.00 bits per heavy atom. The lowest BCUT2D eigenvalue weighted by atomic mass is 10.0. The molecule has 0 bridgehead atoms. The molecule has 0 aliphatic carbocycles. The maximum atomic E-state index is 12.8. The zero-order valence-corrected chi connectivity index (χ0v) is 11.8. The predicted octanol–water partition coefficient (Wildman–Crippen LogP) is 0.782. The lowest BCUT2D eigenvalue weighted by Crippen LogP contribution is -2.51. The maximum absolute atomic E-state index is 12.8. The second-order valence-corrected chi connectivity index (χ2v) is 5.29. The van der Waals surface area contributed by atoms with Gasteiger partial charge in [0.2, 0.25) is 11.8 Å². The molecule has 2 rings (SSSR count). The van der Waals surface area contributed by atoms with Gasteiger partial charge in [-0.15, -0.1) is 0 Å². The second-order valence-electron chi connectivity index (χ2n) is 5.29. The monoisotopic (exact) mass is 293 g/mol. The van der Waals surface area contributed by atoms with Crippen LogP contribution in [-0.4, -0.2) is 35.8 Å². The van der Waals surface area contributed by atoms with Crippen molar-refractivity contribution >= 4 is 11.8 Å². The van der Waals surface area contributed by atoms with E-state index >= 15 is 0 Å². The molecule has 0 radical (unpaired) electrons. The quantitative estimate of drug-likeness (QED) is 0.842. The number of likely N-dealkylation sites (tertiary alicyclic amines) is 1. The zero-order valence-electron chi connectivity index (χ0n) is 11.8. The molecule has 1 unspecified atom stereocenters. The number of carbonyl (C=O) groups excluding carboxylic acids is 2. The van der Waals surface area contributed by atoms with Gasteiger partial charge in [-0.1, -0.05) is 18.6 Å². The average Bonchev–Trinajstić information content (AvgIpc) is 2.47. The van der Waals surface area contributed by atoms with Crippen LogP contribution in [0.3, 0.4) is 0 Å². The summed E-state index contributed by atoms with van der Waals surface area (Å²) in [5.41, 5.74) is 6.19. The molecule has 1 aliphatic rings. The Hall–Kier alpha value is -1.95. The molecule has 1 heterocycles. The molecule has 2 amide bonds. The summed E-state index contributed by atoms with van der Waals surface area (Å²) >= 11 is 0. The first-order valence-electron chi connectivity index (χ1n) is 7.11. The first-order valence-corrected chi connectivity index (χ1v) is 7.11. The van der Waals surface area contributed by atoms with E-state index in [2.05, 4.69) is 5.32 Å². The number of halogens is 1. The molecule has 114 valence electrons. The zero-order chi connectivity index (χ0) is 15.2. The third-order valence-electron chi connectivity index (χ3n) is 3.69. The first-order chi connectivity index (χ1) is 10.1. The van der Waals surface area contributed by atoms with Crippen molar-refractivity contribution in [3.63, 3.8) is 0 Å². The molecule has 6 heteroatoms. The maximum Gasteiger partial charge on any atom is 0.234 e. The number of nitrogens with two attached hydrogens (primary N) is 1. The lowest BCUT2D eigenvalue weighted by Gasteiger charge is -2.32. The van der Waals surface area contributed by atoms with Crippen molar-refractivity contribution in [2.45, 2.75) is 31.8 Å². The fourth-order valence-corrected chi connectivity index (χ4v) is 2.55. The van der Waals surface area contributed by atoms with Crippen LogP contribution in [-0.2, 0) is 16.1 Å². The molecule has 1 aliphatic heterocycles. The molecule has 5 nitrogen and oxygen atoms in total. The molecule has 1 saturated heterocycles. The Labute approximate surface area is 123 Å². The average molecular weight is 293 g/mol. The van der Waals surface area contributed by atoms with Gasteiger partial charge in [0.25, 0.3) is 0 Å². The van der Waals surface area contributed by atoms with Gasteiger partial charge in [0.05, 0.1) is 12.6 Å². The summed E-state index contributed by atoms with van der Waals surface area (Å²) in [7, 11) is 0. The van der Waals surface area contributed by atoms with Crippen LogP contribution in [0.5, 0.6) is 0 Å². The van der Waals surface area contributed by atoms with Crippen molar-refractivity contribution in [1.82, 2.24) is 10.2 Å². The van der Waals surface area contributed by atoms with E-state index in [-0.39, 0.29) is 30.2 Å². The van der Waals surface area contributed by atoms with Gasteiger partial charge in [0.1, 0.15) is 5.82 Å². The predicted molar refractivity (Wildman–Crippen MR) is 76.7 cm³/mol. The fourth-order valence-electron chi connectivity index (χ4n) is 2.55. The Morgan fingerprint density at radius 1 is 1.29 bits per heavy atom. The highest BCUT2D eigenvalue weighted by Gasteiger charge is 2.28. The minimum Gasteiger partial charge on any atom is -0.368 e. The molecule has 3 N–H and O–H groups in total. The number of rotatable bonds is 5. The van der Waals surface area contributed by atoms with Gasteiger partial charge >= 0.3 is 0 Å². The van der Waals surface area contributed by atoms with E-state index in [1.165, 1.54) is 12.1 Å². The molecule has 0 spiro atoms. The van der Waals surface area contributed by atoms with E-state index in [1.807, 2.05) is 4.90 Å². The summed E-state index contributed by atoms with van der Waals surface area (Å²) in [5.74, 6) is -0.837. The van der Waals surface area contributed by atoms with E-state index < -0.39 is 0 Å². The normalized spacial score (nSPS) is 19.2. The van der Waals surface area contributed by atoms with E-state index in [1.54, 1.807) is 12.1 Å². The second kappa shape index (κ2) is 7.17. The summed E-state index contributed by atoms with van der Waals surface area (Å²) < 4.78 is 12.8. The summed E-state index contributed by atoms with van der Waals surface area (Å²) in [6.45, 7) is 1.21. The van der Waals surface area contributed by atoms with Gasteiger partial charge in [0.15, 0.2) is 0 Å². The SMILES string of the molecule is NC(=O)C1CCCCN1CC(=O)NCc1ccc(F)cc1. The van der Waals surface area contributed by atoms with E-state index in [9.17, 15) is 14.0 Å². The highest BCUT2D eigenvalue weighted by Crippen LogP contribution is 2.16. The van der Waals surface area contributed by atoms with E-state index in [0.717, 1.165) is 18.4 Å². The standard InChI is InChI=1S/C15H20FN3O2/c16-12-6-4-11(5-7-12)9-18-14(20)10-19-8-2-1-3-13(19)15(17)21/h4-7,13H,1-3,8-10H2,(H2,17,21)(H,18,20). The summed E-state index contributed by atoms with van der Waals surface area (Å²) in [5, 5.41) is 2.77. The molecule has 1 atom stereocenters. The smallest absolute Gasteiger partial charge is 0.234 e. The molecular weight excluding hydrogens is 273 g/mol. The van der Waals surface area contributed by atoms with Crippen molar-refractivity contribution < 1.29 is 14.0 Å². The summed E-state index contributed by atoms with van der Waals surface area (Å²) in [6.07, 6.45) is 2.64. The van der Waals surface area contributed by atoms with Crippen molar-refractivity contribution in [1.29, 1.82) is 0 Å². The number of hydrogen-bond donors (Lipinski definition) is 2. The molecule has 0 saturated carbocycles. The van der Waals surface area contributed by atoms with Crippen LogP contribution < -0.4 is 11.1 Å².